The molecule has 0 atom stereocenters. The summed E-state index contributed by atoms with van der Waals surface area (Å²) in [4.78, 5) is 25.4. The highest BCUT2D eigenvalue weighted by atomic mass is 32.1. The van der Waals surface area contributed by atoms with Gasteiger partial charge in [0.1, 0.15) is 10.7 Å². The molecule has 0 spiro atoms. The van der Waals surface area contributed by atoms with Crippen molar-refractivity contribution in [3.05, 3.63) is 45.5 Å². The third kappa shape index (κ3) is 3.28. The summed E-state index contributed by atoms with van der Waals surface area (Å²) in [6, 6.07) is 5.70. The molecule has 1 N–H and O–H groups in total. The molecule has 130 valence electrons. The van der Waals surface area contributed by atoms with E-state index in [1.165, 1.54) is 18.4 Å². The summed E-state index contributed by atoms with van der Waals surface area (Å²) < 4.78 is 10.1. The number of ether oxygens (including phenoxy) is 1. The number of aromatic nitrogens is 1. The van der Waals surface area contributed by atoms with E-state index in [2.05, 4.69) is 10.5 Å². The van der Waals surface area contributed by atoms with E-state index in [0.29, 0.717) is 21.8 Å². The first-order valence-corrected chi connectivity index (χ1v) is 8.55. The average Bonchev–Trinajstić information content (AvgIpc) is 3.08. The third-order valence-electron chi connectivity index (χ3n) is 4.06. The van der Waals surface area contributed by atoms with Gasteiger partial charge in [-0.2, -0.15) is 0 Å². The number of nitrogens with zero attached hydrogens (tertiary/aromatic N) is 1. The van der Waals surface area contributed by atoms with Gasteiger partial charge in [-0.25, -0.2) is 4.79 Å². The van der Waals surface area contributed by atoms with Gasteiger partial charge in [-0.1, -0.05) is 16.8 Å². The number of hydrogen-bond donors (Lipinski definition) is 1. The van der Waals surface area contributed by atoms with Crippen LogP contribution in [-0.4, -0.2) is 24.1 Å². The summed E-state index contributed by atoms with van der Waals surface area (Å²) in [5.41, 5.74) is 3.50. The number of methoxy groups -OCH3 is 1. The van der Waals surface area contributed by atoms with Gasteiger partial charge >= 0.3 is 5.97 Å². The summed E-state index contributed by atoms with van der Waals surface area (Å²) in [5.74, 6) is -0.720. The van der Waals surface area contributed by atoms with Crippen LogP contribution in [0.3, 0.4) is 0 Å². The highest BCUT2D eigenvalue weighted by molar-refractivity contribution is 7.16. The molecule has 2 aromatic heterocycles. The quantitative estimate of drug-likeness (QED) is 0.718. The number of benzene rings is 1. The third-order valence-corrected chi connectivity index (χ3v) is 5.18. The van der Waals surface area contributed by atoms with Gasteiger partial charge in [0.15, 0.2) is 5.58 Å². The van der Waals surface area contributed by atoms with Crippen LogP contribution in [0, 0.1) is 20.8 Å². The standard InChI is InChI=1S/C18H18N2O4S/c1-9-5-6-14-12(7-9)13(20-24-14)8-15(21)19-17-16(18(22)23-4)10(2)11(3)25-17/h5-7H,8H2,1-4H3,(H,19,21). The lowest BCUT2D eigenvalue weighted by atomic mass is 10.1. The summed E-state index contributed by atoms with van der Waals surface area (Å²) >= 11 is 1.36. The second-order valence-electron chi connectivity index (χ2n) is 5.83. The van der Waals surface area contributed by atoms with Crippen LogP contribution in [-0.2, 0) is 16.0 Å². The molecule has 3 aromatic rings. The molecule has 0 unspecified atom stereocenters. The molecule has 6 nitrogen and oxygen atoms in total. The maximum absolute atomic E-state index is 12.5. The summed E-state index contributed by atoms with van der Waals surface area (Å²) in [6.45, 7) is 5.70. The SMILES string of the molecule is COC(=O)c1c(NC(=O)Cc2noc3ccc(C)cc23)sc(C)c1C. The molecular weight excluding hydrogens is 340 g/mol. The van der Waals surface area contributed by atoms with E-state index in [1.807, 2.05) is 39.0 Å². The predicted octanol–water partition coefficient (Wildman–Crippen LogP) is 3.78. The zero-order valence-corrected chi connectivity index (χ0v) is 15.2. The van der Waals surface area contributed by atoms with Gasteiger partial charge in [-0.3, -0.25) is 4.79 Å². The molecule has 0 bridgehead atoms. The highest BCUT2D eigenvalue weighted by Crippen LogP contribution is 2.33. The molecule has 2 heterocycles. The second kappa shape index (κ2) is 6.68. The number of carbonyl (C=O) groups excluding carboxylic acids is 2. The zero-order valence-electron chi connectivity index (χ0n) is 14.4. The molecular formula is C18H18N2O4S. The van der Waals surface area contributed by atoms with Gasteiger partial charge in [-0.05, 0) is 38.5 Å². The lowest BCUT2D eigenvalue weighted by molar-refractivity contribution is -0.115. The Kier molecular flexibility index (Phi) is 4.59. The molecule has 0 radical (unpaired) electrons. The Balaban J connectivity index is 1.84. The van der Waals surface area contributed by atoms with Gasteiger partial charge in [0.25, 0.3) is 0 Å². The summed E-state index contributed by atoms with van der Waals surface area (Å²) in [5, 5.41) is 8.11. The van der Waals surface area contributed by atoms with Crippen LogP contribution in [0.5, 0.6) is 0 Å². The maximum Gasteiger partial charge on any atom is 0.341 e. The number of amides is 1. The Morgan fingerprint density at radius 2 is 2.04 bits per heavy atom. The Bertz CT molecular complexity index is 971. The second-order valence-corrected chi connectivity index (χ2v) is 7.06. The Morgan fingerprint density at radius 3 is 2.76 bits per heavy atom. The van der Waals surface area contributed by atoms with E-state index < -0.39 is 5.97 Å². The van der Waals surface area contributed by atoms with Crippen molar-refractivity contribution in [3.8, 4) is 0 Å². The van der Waals surface area contributed by atoms with Gasteiger partial charge in [-0.15, -0.1) is 11.3 Å². The fourth-order valence-corrected chi connectivity index (χ4v) is 3.68. The molecule has 0 aliphatic heterocycles. The largest absolute Gasteiger partial charge is 0.465 e. The van der Waals surface area contributed by atoms with Crippen molar-refractivity contribution >= 4 is 39.2 Å². The number of anilines is 1. The van der Waals surface area contributed by atoms with Crippen LogP contribution in [0.1, 0.15) is 32.1 Å². The van der Waals surface area contributed by atoms with Crippen LogP contribution in [0.25, 0.3) is 11.0 Å². The molecule has 1 amide bonds. The first-order valence-electron chi connectivity index (χ1n) is 7.73. The van der Waals surface area contributed by atoms with E-state index >= 15 is 0 Å². The number of rotatable bonds is 4. The molecule has 0 aliphatic rings. The van der Waals surface area contributed by atoms with Gasteiger partial charge in [0.2, 0.25) is 5.91 Å². The number of esters is 1. The average molecular weight is 358 g/mol. The van der Waals surface area contributed by atoms with Crippen molar-refractivity contribution in [2.45, 2.75) is 27.2 Å². The predicted molar refractivity (Wildman–Crippen MR) is 96.2 cm³/mol. The minimum Gasteiger partial charge on any atom is -0.465 e. The van der Waals surface area contributed by atoms with Crippen molar-refractivity contribution < 1.29 is 18.8 Å². The van der Waals surface area contributed by atoms with Crippen LogP contribution in [0.2, 0.25) is 0 Å². The van der Waals surface area contributed by atoms with Crippen molar-refractivity contribution in [1.82, 2.24) is 5.16 Å². The molecule has 1 aromatic carbocycles. The molecule has 7 heteroatoms. The van der Waals surface area contributed by atoms with E-state index in [-0.39, 0.29) is 12.3 Å². The van der Waals surface area contributed by atoms with Crippen LogP contribution in [0.4, 0.5) is 5.00 Å². The topological polar surface area (TPSA) is 81.4 Å². The molecule has 25 heavy (non-hydrogen) atoms. The van der Waals surface area contributed by atoms with Crippen LogP contribution < -0.4 is 5.32 Å². The lowest BCUT2D eigenvalue weighted by Crippen LogP contribution is -2.16. The number of carbonyl (C=O) groups is 2. The molecule has 0 fully saturated rings. The maximum atomic E-state index is 12.5. The fourth-order valence-electron chi connectivity index (χ4n) is 2.62. The van der Waals surface area contributed by atoms with E-state index in [0.717, 1.165) is 21.4 Å². The monoisotopic (exact) mass is 358 g/mol. The van der Waals surface area contributed by atoms with Crippen molar-refractivity contribution in [1.29, 1.82) is 0 Å². The summed E-state index contributed by atoms with van der Waals surface area (Å²) in [6.07, 6.45) is 0.0626. The van der Waals surface area contributed by atoms with Crippen LogP contribution >= 0.6 is 11.3 Å². The number of hydrogen-bond acceptors (Lipinski definition) is 6. The normalized spacial score (nSPS) is 10.9. The fraction of sp³-hybridized carbons (Fsp3) is 0.278. The summed E-state index contributed by atoms with van der Waals surface area (Å²) in [7, 11) is 1.32. The number of thiophene rings is 1. The molecule has 0 aliphatic carbocycles. The van der Waals surface area contributed by atoms with Crippen molar-refractivity contribution in [2.24, 2.45) is 0 Å². The van der Waals surface area contributed by atoms with Gasteiger partial charge in [0.05, 0.1) is 19.1 Å². The highest BCUT2D eigenvalue weighted by Gasteiger charge is 2.22. The molecule has 3 rings (SSSR count). The molecule has 0 saturated carbocycles. The van der Waals surface area contributed by atoms with E-state index in [1.54, 1.807) is 0 Å². The minimum atomic E-state index is -0.459. The van der Waals surface area contributed by atoms with E-state index in [4.69, 9.17) is 9.26 Å². The molecule has 0 saturated heterocycles. The van der Waals surface area contributed by atoms with E-state index in [9.17, 15) is 9.59 Å². The number of nitrogens with one attached hydrogen (secondary N) is 1. The first kappa shape index (κ1) is 17.2. The Hall–Kier alpha value is -2.67. The lowest BCUT2D eigenvalue weighted by Gasteiger charge is -2.05. The Morgan fingerprint density at radius 1 is 1.28 bits per heavy atom. The minimum absolute atomic E-state index is 0.0626. The van der Waals surface area contributed by atoms with Crippen LogP contribution in [0.15, 0.2) is 22.7 Å². The first-order chi connectivity index (χ1) is 11.9. The zero-order chi connectivity index (χ0) is 18.1. The van der Waals surface area contributed by atoms with Gasteiger partial charge < -0.3 is 14.6 Å². The number of fused-ring (bicyclic) bond motifs is 1. The van der Waals surface area contributed by atoms with Crippen molar-refractivity contribution in [2.75, 3.05) is 12.4 Å². The van der Waals surface area contributed by atoms with Crippen molar-refractivity contribution in [3.63, 3.8) is 0 Å². The Labute approximate surface area is 148 Å². The number of aryl methyl sites for hydroxylation is 2. The smallest absolute Gasteiger partial charge is 0.341 e. The van der Waals surface area contributed by atoms with Gasteiger partial charge in [0, 0.05) is 10.3 Å².